The summed E-state index contributed by atoms with van der Waals surface area (Å²) in [5.41, 5.74) is 0.00933. The van der Waals surface area contributed by atoms with Crippen molar-refractivity contribution in [3.8, 4) is 6.07 Å². The zero-order valence-electron chi connectivity index (χ0n) is 8.64. The van der Waals surface area contributed by atoms with E-state index in [4.69, 9.17) is 5.26 Å². The van der Waals surface area contributed by atoms with Gasteiger partial charge in [-0.2, -0.15) is 5.26 Å². The largest absolute Gasteiger partial charge is 0.351 e. The van der Waals surface area contributed by atoms with Crippen LogP contribution in [0.5, 0.6) is 0 Å². The van der Waals surface area contributed by atoms with Gasteiger partial charge in [0.05, 0.1) is 23.0 Å². The van der Waals surface area contributed by atoms with Crippen LogP contribution in [0.25, 0.3) is 0 Å². The molecular weight excluding hydrogens is 290 g/mol. The molecule has 0 aliphatic rings. The molecule has 0 saturated heterocycles. The first kappa shape index (κ1) is 13.1. The number of hydrogen-bond acceptors (Lipinski definition) is 4. The topological polar surface area (TPSA) is 96.0 Å². The van der Waals surface area contributed by atoms with Gasteiger partial charge < -0.3 is 5.32 Å². The Hall–Kier alpha value is -1.94. The van der Waals surface area contributed by atoms with E-state index in [1.807, 2.05) is 6.07 Å². The second-order valence-electron chi connectivity index (χ2n) is 3.06. The molecule has 0 aliphatic carbocycles. The number of hydrogen-bond donors (Lipinski definition) is 1. The minimum Gasteiger partial charge on any atom is -0.351 e. The van der Waals surface area contributed by atoms with Gasteiger partial charge in [0.15, 0.2) is 0 Å². The third-order valence-corrected chi connectivity index (χ3v) is 2.78. The van der Waals surface area contributed by atoms with Crippen molar-refractivity contribution in [2.45, 2.75) is 6.42 Å². The summed E-state index contributed by atoms with van der Waals surface area (Å²) in [7, 11) is 0. The number of nitrogens with one attached hydrogen (secondary N) is 1. The molecule has 0 saturated carbocycles. The number of carbonyl (C=O) groups excluding carboxylic acids is 1. The molecule has 0 bridgehead atoms. The van der Waals surface area contributed by atoms with E-state index in [9.17, 15) is 14.9 Å². The number of nitriles is 1. The first-order chi connectivity index (χ1) is 8.07. The molecule has 88 valence electrons. The monoisotopic (exact) mass is 297 g/mol. The van der Waals surface area contributed by atoms with Gasteiger partial charge in [-0.05, 0) is 22.0 Å². The van der Waals surface area contributed by atoms with Gasteiger partial charge in [0, 0.05) is 12.6 Å². The SMILES string of the molecule is N#CCCNC(=O)c1cccc([N+](=O)[O-])c1Br. The number of nitro groups is 1. The Labute approximate surface area is 106 Å². The normalized spacial score (nSPS) is 9.41. The van der Waals surface area contributed by atoms with Crippen molar-refractivity contribution >= 4 is 27.5 Å². The summed E-state index contributed by atoms with van der Waals surface area (Å²) in [5.74, 6) is -0.448. The average molecular weight is 298 g/mol. The van der Waals surface area contributed by atoms with Crippen molar-refractivity contribution < 1.29 is 9.72 Å². The Morgan fingerprint density at radius 2 is 2.29 bits per heavy atom. The van der Waals surface area contributed by atoms with Crippen LogP contribution in [0.4, 0.5) is 5.69 Å². The molecule has 1 aromatic carbocycles. The van der Waals surface area contributed by atoms with Crippen LogP contribution in [0.2, 0.25) is 0 Å². The van der Waals surface area contributed by atoms with Gasteiger partial charge >= 0.3 is 0 Å². The average Bonchev–Trinajstić information content (AvgIpc) is 2.29. The lowest BCUT2D eigenvalue weighted by atomic mass is 10.2. The van der Waals surface area contributed by atoms with E-state index >= 15 is 0 Å². The third-order valence-electron chi connectivity index (χ3n) is 1.94. The van der Waals surface area contributed by atoms with Crippen molar-refractivity contribution in [3.05, 3.63) is 38.3 Å². The quantitative estimate of drug-likeness (QED) is 0.522. The smallest absolute Gasteiger partial charge is 0.284 e. The minimum atomic E-state index is -0.573. The molecule has 0 atom stereocenters. The first-order valence-corrected chi connectivity index (χ1v) is 5.45. The summed E-state index contributed by atoms with van der Waals surface area (Å²) in [5, 5.41) is 21.5. The van der Waals surface area contributed by atoms with Gasteiger partial charge in [-0.25, -0.2) is 0 Å². The number of amides is 1. The van der Waals surface area contributed by atoms with Crippen LogP contribution in [-0.2, 0) is 0 Å². The molecule has 1 rings (SSSR count). The van der Waals surface area contributed by atoms with Crippen LogP contribution < -0.4 is 5.32 Å². The molecular formula is C10H8BrN3O3. The second-order valence-corrected chi connectivity index (χ2v) is 3.85. The van der Waals surface area contributed by atoms with Crippen LogP contribution in [0.1, 0.15) is 16.8 Å². The van der Waals surface area contributed by atoms with Crippen LogP contribution >= 0.6 is 15.9 Å². The Balaban J connectivity index is 2.92. The van der Waals surface area contributed by atoms with Gasteiger partial charge in [0.25, 0.3) is 11.6 Å². The van der Waals surface area contributed by atoms with Crippen LogP contribution in [0, 0.1) is 21.4 Å². The number of halogens is 1. The van der Waals surface area contributed by atoms with E-state index < -0.39 is 10.8 Å². The van der Waals surface area contributed by atoms with Crippen molar-refractivity contribution in [2.24, 2.45) is 0 Å². The zero-order valence-corrected chi connectivity index (χ0v) is 10.2. The fourth-order valence-corrected chi connectivity index (χ4v) is 1.75. The fraction of sp³-hybridized carbons (Fsp3) is 0.200. The molecule has 0 unspecified atom stereocenters. The van der Waals surface area contributed by atoms with Gasteiger partial charge in [-0.1, -0.05) is 6.07 Å². The van der Waals surface area contributed by atoms with Gasteiger partial charge in [-0.3, -0.25) is 14.9 Å². The molecule has 0 heterocycles. The maximum absolute atomic E-state index is 11.6. The number of nitro benzene ring substituents is 1. The van der Waals surface area contributed by atoms with E-state index in [1.165, 1.54) is 18.2 Å². The molecule has 0 aliphatic heterocycles. The fourth-order valence-electron chi connectivity index (χ4n) is 1.16. The summed E-state index contributed by atoms with van der Waals surface area (Å²) in [6, 6.07) is 6.09. The van der Waals surface area contributed by atoms with Gasteiger partial charge in [0.1, 0.15) is 4.47 Å². The first-order valence-electron chi connectivity index (χ1n) is 4.66. The van der Waals surface area contributed by atoms with Crippen LogP contribution in [0.15, 0.2) is 22.7 Å². The highest BCUT2D eigenvalue weighted by molar-refractivity contribution is 9.10. The maximum atomic E-state index is 11.6. The second kappa shape index (κ2) is 5.96. The summed E-state index contributed by atoms with van der Waals surface area (Å²) in [6.45, 7) is 0.213. The summed E-state index contributed by atoms with van der Waals surface area (Å²) >= 11 is 3.02. The minimum absolute atomic E-state index is 0.138. The van der Waals surface area contributed by atoms with E-state index in [0.717, 1.165) is 0 Å². The molecule has 1 amide bonds. The van der Waals surface area contributed by atoms with Crippen molar-refractivity contribution in [2.75, 3.05) is 6.54 Å². The predicted octanol–water partition coefficient (Wildman–Crippen LogP) is 2.00. The summed E-state index contributed by atoms with van der Waals surface area (Å²) in [6.07, 6.45) is 0.193. The van der Waals surface area contributed by atoms with Crippen LogP contribution in [-0.4, -0.2) is 17.4 Å². The molecule has 0 spiro atoms. The number of rotatable bonds is 4. The molecule has 1 aromatic rings. The third kappa shape index (κ3) is 3.26. The summed E-state index contributed by atoms with van der Waals surface area (Å²) in [4.78, 5) is 21.7. The molecule has 7 heteroatoms. The molecule has 1 N–H and O–H groups in total. The Morgan fingerprint density at radius 3 is 2.88 bits per heavy atom. The van der Waals surface area contributed by atoms with Crippen molar-refractivity contribution in [3.63, 3.8) is 0 Å². The highest BCUT2D eigenvalue weighted by Crippen LogP contribution is 2.28. The highest BCUT2D eigenvalue weighted by atomic mass is 79.9. The lowest BCUT2D eigenvalue weighted by molar-refractivity contribution is -0.385. The number of benzene rings is 1. The lowest BCUT2D eigenvalue weighted by Gasteiger charge is -2.05. The molecule has 17 heavy (non-hydrogen) atoms. The van der Waals surface area contributed by atoms with Crippen molar-refractivity contribution in [1.29, 1.82) is 5.26 Å². The van der Waals surface area contributed by atoms with E-state index in [0.29, 0.717) is 0 Å². The number of nitrogens with zero attached hydrogens (tertiary/aromatic N) is 2. The van der Waals surface area contributed by atoms with E-state index in [-0.39, 0.29) is 28.7 Å². The Kier molecular flexibility index (Phi) is 4.60. The molecule has 0 fully saturated rings. The van der Waals surface area contributed by atoms with Crippen molar-refractivity contribution in [1.82, 2.24) is 5.32 Å². The predicted molar refractivity (Wildman–Crippen MR) is 63.4 cm³/mol. The lowest BCUT2D eigenvalue weighted by Crippen LogP contribution is -2.24. The number of carbonyl (C=O) groups is 1. The molecule has 0 aromatic heterocycles. The maximum Gasteiger partial charge on any atom is 0.284 e. The van der Waals surface area contributed by atoms with E-state index in [1.54, 1.807) is 0 Å². The Bertz CT molecular complexity index is 496. The highest BCUT2D eigenvalue weighted by Gasteiger charge is 2.18. The van der Waals surface area contributed by atoms with E-state index in [2.05, 4.69) is 21.2 Å². The Morgan fingerprint density at radius 1 is 1.59 bits per heavy atom. The zero-order chi connectivity index (χ0) is 12.8. The standard InChI is InChI=1S/C10H8BrN3O3/c11-9-7(10(15)13-6-2-5-12)3-1-4-8(9)14(16)17/h1,3-4H,2,6H2,(H,13,15). The molecule has 0 radical (unpaired) electrons. The summed E-state index contributed by atoms with van der Waals surface area (Å²) < 4.78 is 0.138. The van der Waals surface area contributed by atoms with Gasteiger partial charge in [-0.15, -0.1) is 0 Å². The van der Waals surface area contributed by atoms with Crippen LogP contribution in [0.3, 0.4) is 0 Å². The van der Waals surface area contributed by atoms with Gasteiger partial charge in [0.2, 0.25) is 0 Å². The molecule has 6 nitrogen and oxygen atoms in total.